The van der Waals surface area contributed by atoms with Crippen LogP contribution in [0.5, 0.6) is 0 Å². The molecule has 0 radical (unpaired) electrons. The van der Waals surface area contributed by atoms with Crippen molar-refractivity contribution in [1.29, 1.82) is 0 Å². The molecule has 0 aliphatic heterocycles. The molecule has 1 amide bonds. The van der Waals surface area contributed by atoms with Crippen LogP contribution in [0.3, 0.4) is 0 Å². The number of nitrogens with one attached hydrogen (secondary N) is 1. The minimum atomic E-state index is -0.0891. The molecule has 0 spiro atoms. The van der Waals surface area contributed by atoms with Gasteiger partial charge in [-0.25, -0.2) is 9.97 Å². The van der Waals surface area contributed by atoms with Crippen molar-refractivity contribution in [2.75, 3.05) is 7.11 Å². The first-order chi connectivity index (χ1) is 11.8. The Morgan fingerprint density at radius 1 is 1.21 bits per heavy atom. The smallest absolute Gasteiger partial charge is 0.253 e. The first kappa shape index (κ1) is 15.6. The Balaban J connectivity index is 1.53. The van der Waals surface area contributed by atoms with Gasteiger partial charge in [0.25, 0.3) is 5.91 Å². The normalized spacial score (nSPS) is 24.7. The van der Waals surface area contributed by atoms with E-state index in [1.807, 2.05) is 12.4 Å². The van der Waals surface area contributed by atoms with Gasteiger partial charge in [-0.2, -0.15) is 0 Å². The second-order valence-electron chi connectivity index (χ2n) is 6.94. The number of methoxy groups -OCH3 is 1. The third-order valence-electron chi connectivity index (χ3n) is 5.47. The van der Waals surface area contributed by atoms with Gasteiger partial charge in [-0.1, -0.05) is 12.8 Å². The summed E-state index contributed by atoms with van der Waals surface area (Å²) in [5.74, 6) is -0.0891. The molecular formula is C18H24N4O2. The van der Waals surface area contributed by atoms with Crippen LogP contribution in [-0.2, 0) is 4.74 Å². The lowest BCUT2D eigenvalue weighted by Crippen LogP contribution is -2.40. The number of fused-ring (bicyclic) bond motifs is 1. The molecule has 2 heterocycles. The largest absolute Gasteiger partial charge is 0.379 e. The zero-order valence-electron chi connectivity index (χ0n) is 14.1. The Labute approximate surface area is 141 Å². The van der Waals surface area contributed by atoms with Crippen LogP contribution in [0.2, 0.25) is 0 Å². The topological polar surface area (TPSA) is 69.0 Å². The maximum absolute atomic E-state index is 12.5. The molecule has 24 heavy (non-hydrogen) atoms. The molecular weight excluding hydrogens is 304 g/mol. The van der Waals surface area contributed by atoms with E-state index in [9.17, 15) is 4.79 Å². The molecule has 0 unspecified atom stereocenters. The van der Waals surface area contributed by atoms with Crippen LogP contribution in [0.1, 0.15) is 61.3 Å². The molecule has 128 valence electrons. The van der Waals surface area contributed by atoms with Crippen molar-refractivity contribution in [3.63, 3.8) is 0 Å². The molecule has 0 aromatic carbocycles. The molecule has 0 saturated heterocycles. The van der Waals surface area contributed by atoms with Gasteiger partial charge in [0.2, 0.25) is 0 Å². The van der Waals surface area contributed by atoms with E-state index in [0.717, 1.165) is 30.4 Å². The molecule has 4 rings (SSSR count). The quantitative estimate of drug-likeness (QED) is 0.937. The predicted octanol–water partition coefficient (Wildman–Crippen LogP) is 2.84. The van der Waals surface area contributed by atoms with Gasteiger partial charge in [-0.15, -0.1) is 0 Å². The highest BCUT2D eigenvalue weighted by molar-refractivity contribution is 5.96. The second-order valence-corrected chi connectivity index (χ2v) is 6.94. The van der Waals surface area contributed by atoms with E-state index in [1.54, 1.807) is 13.3 Å². The van der Waals surface area contributed by atoms with Crippen molar-refractivity contribution in [2.45, 2.75) is 63.1 Å². The van der Waals surface area contributed by atoms with Crippen LogP contribution in [0.4, 0.5) is 0 Å². The summed E-state index contributed by atoms with van der Waals surface area (Å²) >= 11 is 0. The fraction of sp³-hybridized carbons (Fsp3) is 0.611. The summed E-state index contributed by atoms with van der Waals surface area (Å²) in [5, 5.41) is 3.08. The van der Waals surface area contributed by atoms with Crippen molar-refractivity contribution >= 4 is 17.1 Å². The maximum atomic E-state index is 12.5. The lowest BCUT2D eigenvalue weighted by atomic mass is 10.2. The number of rotatable bonds is 4. The molecule has 2 aliphatic carbocycles. The number of imidazole rings is 1. The highest BCUT2D eigenvalue weighted by Crippen LogP contribution is 2.31. The molecule has 2 saturated carbocycles. The summed E-state index contributed by atoms with van der Waals surface area (Å²) in [7, 11) is 1.71. The first-order valence-corrected chi connectivity index (χ1v) is 8.92. The lowest BCUT2D eigenvalue weighted by molar-refractivity contribution is 0.0722. The van der Waals surface area contributed by atoms with E-state index in [-0.39, 0.29) is 18.1 Å². The van der Waals surface area contributed by atoms with Crippen molar-refractivity contribution in [1.82, 2.24) is 19.9 Å². The van der Waals surface area contributed by atoms with Crippen LogP contribution in [0, 0.1) is 0 Å². The summed E-state index contributed by atoms with van der Waals surface area (Å²) in [4.78, 5) is 21.5. The van der Waals surface area contributed by atoms with Crippen LogP contribution in [0.15, 0.2) is 18.6 Å². The van der Waals surface area contributed by atoms with E-state index >= 15 is 0 Å². The molecule has 6 heteroatoms. The standard InChI is InChI=1S/C18H24N4O2/c1-24-16-8-4-7-14(16)21-18(23)12-9-15-17(19-10-12)22(11-20-15)13-5-2-3-6-13/h9-11,13-14,16H,2-8H2,1H3,(H,21,23)/t14-,16-/m1/s1. The average molecular weight is 328 g/mol. The van der Waals surface area contributed by atoms with Crippen molar-refractivity contribution in [3.8, 4) is 0 Å². The fourth-order valence-electron chi connectivity index (χ4n) is 4.12. The summed E-state index contributed by atoms with van der Waals surface area (Å²) in [6, 6.07) is 2.44. The average Bonchev–Trinajstić information content (AvgIpc) is 3.33. The van der Waals surface area contributed by atoms with Crippen LogP contribution >= 0.6 is 0 Å². The summed E-state index contributed by atoms with van der Waals surface area (Å²) < 4.78 is 7.61. The van der Waals surface area contributed by atoms with E-state index in [1.165, 1.54) is 25.7 Å². The van der Waals surface area contributed by atoms with Gasteiger partial charge in [0.05, 0.1) is 24.0 Å². The Kier molecular flexibility index (Phi) is 4.22. The number of amides is 1. The molecule has 2 aromatic rings. The fourth-order valence-corrected chi connectivity index (χ4v) is 4.12. The van der Waals surface area contributed by atoms with Gasteiger partial charge in [0.15, 0.2) is 5.65 Å². The van der Waals surface area contributed by atoms with E-state index in [2.05, 4.69) is 19.9 Å². The van der Waals surface area contributed by atoms with E-state index in [0.29, 0.717) is 11.6 Å². The van der Waals surface area contributed by atoms with Gasteiger partial charge in [0.1, 0.15) is 5.52 Å². The van der Waals surface area contributed by atoms with Gasteiger partial charge >= 0.3 is 0 Å². The molecule has 1 N–H and O–H groups in total. The molecule has 0 bridgehead atoms. The second kappa shape index (κ2) is 6.51. The number of hydrogen-bond acceptors (Lipinski definition) is 4. The zero-order chi connectivity index (χ0) is 16.5. The highest BCUT2D eigenvalue weighted by Gasteiger charge is 2.29. The molecule has 2 aliphatic rings. The Morgan fingerprint density at radius 2 is 2.04 bits per heavy atom. The number of aromatic nitrogens is 3. The predicted molar refractivity (Wildman–Crippen MR) is 90.9 cm³/mol. The van der Waals surface area contributed by atoms with Gasteiger partial charge in [0, 0.05) is 19.3 Å². The van der Waals surface area contributed by atoms with Crippen LogP contribution in [-0.4, -0.2) is 39.7 Å². The van der Waals surface area contributed by atoms with Gasteiger partial charge in [-0.05, 0) is 38.2 Å². The summed E-state index contributed by atoms with van der Waals surface area (Å²) in [5.41, 5.74) is 2.25. The Bertz CT molecular complexity index is 736. The Morgan fingerprint density at radius 3 is 2.83 bits per heavy atom. The SMILES string of the molecule is CO[C@@H]1CCC[C@H]1NC(=O)c1cnc2c(c1)ncn2C1CCCC1. The summed E-state index contributed by atoms with van der Waals surface area (Å²) in [6.07, 6.45) is 11.6. The molecule has 6 nitrogen and oxygen atoms in total. The minimum absolute atomic E-state index is 0.0891. The Hall–Kier alpha value is -1.95. The van der Waals surface area contributed by atoms with Crippen LogP contribution < -0.4 is 5.32 Å². The van der Waals surface area contributed by atoms with E-state index in [4.69, 9.17) is 4.74 Å². The molecule has 2 atom stereocenters. The number of carbonyl (C=O) groups is 1. The third kappa shape index (κ3) is 2.79. The minimum Gasteiger partial charge on any atom is -0.379 e. The number of nitrogens with zero attached hydrogens (tertiary/aromatic N) is 3. The number of carbonyl (C=O) groups excluding carboxylic acids is 1. The van der Waals surface area contributed by atoms with Crippen molar-refractivity contribution in [3.05, 3.63) is 24.2 Å². The monoisotopic (exact) mass is 328 g/mol. The lowest BCUT2D eigenvalue weighted by Gasteiger charge is -2.19. The molecule has 2 aromatic heterocycles. The summed E-state index contributed by atoms with van der Waals surface area (Å²) in [6.45, 7) is 0. The van der Waals surface area contributed by atoms with Crippen LogP contribution in [0.25, 0.3) is 11.2 Å². The van der Waals surface area contributed by atoms with Gasteiger partial charge in [-0.3, -0.25) is 4.79 Å². The maximum Gasteiger partial charge on any atom is 0.253 e. The number of hydrogen-bond donors (Lipinski definition) is 1. The third-order valence-corrected chi connectivity index (χ3v) is 5.47. The number of ether oxygens (including phenoxy) is 1. The zero-order valence-corrected chi connectivity index (χ0v) is 14.1. The number of pyridine rings is 1. The first-order valence-electron chi connectivity index (χ1n) is 8.92. The van der Waals surface area contributed by atoms with Crippen molar-refractivity contribution in [2.24, 2.45) is 0 Å². The molecule has 2 fully saturated rings. The van der Waals surface area contributed by atoms with E-state index < -0.39 is 0 Å². The van der Waals surface area contributed by atoms with Gasteiger partial charge < -0.3 is 14.6 Å². The highest BCUT2D eigenvalue weighted by atomic mass is 16.5. The van der Waals surface area contributed by atoms with Crippen molar-refractivity contribution < 1.29 is 9.53 Å².